The van der Waals surface area contributed by atoms with Crippen molar-refractivity contribution in [2.24, 2.45) is 5.92 Å². The monoisotopic (exact) mass is 340 g/mol. The van der Waals surface area contributed by atoms with Crippen molar-refractivity contribution < 1.29 is 13.3 Å². The minimum Gasteiger partial charge on any atom is -0.368 e. The number of nitro groups is 1. The van der Waals surface area contributed by atoms with Crippen LogP contribution in [-0.4, -0.2) is 32.2 Å². The molecule has 1 aromatic rings. The maximum absolute atomic E-state index is 11.9. The van der Waals surface area contributed by atoms with E-state index in [0.29, 0.717) is 12.0 Å². The molecule has 6 nitrogen and oxygen atoms in total. The minimum atomic E-state index is -3.65. The quantitative estimate of drug-likeness (QED) is 0.606. The van der Waals surface area contributed by atoms with E-state index in [2.05, 4.69) is 18.7 Å². The number of nitro benzene ring substituents is 1. The molecule has 2 rings (SSSR count). The summed E-state index contributed by atoms with van der Waals surface area (Å²) in [6, 6.07) is 4.81. The molecule has 0 aliphatic carbocycles. The number of sulfone groups is 1. The van der Waals surface area contributed by atoms with Crippen LogP contribution < -0.4 is 4.90 Å². The van der Waals surface area contributed by atoms with Crippen LogP contribution in [0.3, 0.4) is 0 Å². The number of rotatable bonds is 5. The third-order valence-electron chi connectivity index (χ3n) is 4.24. The van der Waals surface area contributed by atoms with Crippen molar-refractivity contribution in [2.75, 3.05) is 17.7 Å². The van der Waals surface area contributed by atoms with E-state index in [4.69, 9.17) is 0 Å². The van der Waals surface area contributed by atoms with Crippen LogP contribution in [0.2, 0.25) is 0 Å². The van der Waals surface area contributed by atoms with Crippen LogP contribution in [0, 0.1) is 16.0 Å². The molecule has 1 aliphatic heterocycles. The molecule has 128 valence electrons. The van der Waals surface area contributed by atoms with Crippen LogP contribution >= 0.6 is 0 Å². The van der Waals surface area contributed by atoms with Crippen molar-refractivity contribution in [2.45, 2.75) is 50.5 Å². The summed E-state index contributed by atoms with van der Waals surface area (Å²) in [5.74, 6) is 0.549. The molecule has 0 N–H and O–H groups in total. The van der Waals surface area contributed by atoms with Gasteiger partial charge in [-0.2, -0.15) is 0 Å². The van der Waals surface area contributed by atoms with Gasteiger partial charge < -0.3 is 4.90 Å². The van der Waals surface area contributed by atoms with Crippen molar-refractivity contribution in [3.05, 3.63) is 28.3 Å². The molecular weight excluding hydrogens is 316 g/mol. The van der Waals surface area contributed by atoms with Crippen molar-refractivity contribution >= 4 is 21.2 Å². The molecule has 0 saturated carbocycles. The first-order chi connectivity index (χ1) is 10.7. The van der Waals surface area contributed by atoms with Gasteiger partial charge in [0.05, 0.1) is 4.92 Å². The lowest BCUT2D eigenvalue weighted by Crippen LogP contribution is -2.40. The molecule has 0 spiro atoms. The average molecular weight is 340 g/mol. The molecule has 7 heteroatoms. The number of hydrogen-bond donors (Lipinski definition) is 0. The molecule has 0 aromatic heterocycles. The second-order valence-corrected chi connectivity index (χ2v) is 8.64. The van der Waals surface area contributed by atoms with E-state index in [1.54, 1.807) is 6.07 Å². The van der Waals surface area contributed by atoms with E-state index in [0.717, 1.165) is 37.8 Å². The molecule has 0 radical (unpaired) electrons. The Balaban J connectivity index is 2.44. The molecule has 1 fully saturated rings. The Morgan fingerprint density at radius 2 is 2.04 bits per heavy atom. The molecule has 0 bridgehead atoms. The second kappa shape index (κ2) is 6.86. The SMILES string of the molecule is CC(C)CC1CCCCN1c1ccc([N+](=O)[O-])c(S(C)(=O)=O)c1. The van der Waals surface area contributed by atoms with Crippen LogP contribution in [0.5, 0.6) is 0 Å². The zero-order valence-corrected chi connectivity index (χ0v) is 14.7. The summed E-state index contributed by atoms with van der Waals surface area (Å²) in [5, 5.41) is 11.1. The van der Waals surface area contributed by atoms with Crippen molar-refractivity contribution in [1.82, 2.24) is 0 Å². The van der Waals surface area contributed by atoms with Gasteiger partial charge in [-0.15, -0.1) is 0 Å². The molecule has 1 saturated heterocycles. The first-order valence-electron chi connectivity index (χ1n) is 7.95. The Morgan fingerprint density at radius 1 is 1.35 bits per heavy atom. The number of hydrogen-bond acceptors (Lipinski definition) is 5. The van der Waals surface area contributed by atoms with Gasteiger partial charge in [-0.25, -0.2) is 8.42 Å². The van der Waals surface area contributed by atoms with Gasteiger partial charge in [0.25, 0.3) is 5.69 Å². The Hall–Kier alpha value is -1.63. The van der Waals surface area contributed by atoms with Crippen LogP contribution in [0.4, 0.5) is 11.4 Å². The van der Waals surface area contributed by atoms with E-state index < -0.39 is 14.8 Å². The fourth-order valence-corrected chi connectivity index (χ4v) is 4.12. The van der Waals surface area contributed by atoms with Gasteiger partial charge in [-0.1, -0.05) is 13.8 Å². The predicted octanol–water partition coefficient (Wildman–Crippen LogP) is 3.40. The number of nitrogens with zero attached hydrogens (tertiary/aromatic N) is 2. The molecule has 0 amide bonds. The van der Waals surface area contributed by atoms with Crippen LogP contribution in [0.15, 0.2) is 23.1 Å². The fourth-order valence-electron chi connectivity index (χ4n) is 3.26. The zero-order valence-electron chi connectivity index (χ0n) is 13.9. The van der Waals surface area contributed by atoms with Crippen LogP contribution in [0.25, 0.3) is 0 Å². The third kappa shape index (κ3) is 4.22. The summed E-state index contributed by atoms with van der Waals surface area (Å²) in [6.45, 7) is 5.20. The molecule has 1 unspecified atom stereocenters. The van der Waals surface area contributed by atoms with Crippen molar-refractivity contribution in [3.8, 4) is 0 Å². The second-order valence-electron chi connectivity index (χ2n) is 6.65. The van der Waals surface area contributed by atoms with Gasteiger partial charge in [0.15, 0.2) is 9.84 Å². The summed E-state index contributed by atoms with van der Waals surface area (Å²) in [4.78, 5) is 12.5. The summed E-state index contributed by atoms with van der Waals surface area (Å²) >= 11 is 0. The zero-order chi connectivity index (χ0) is 17.2. The summed E-state index contributed by atoms with van der Waals surface area (Å²) in [6.07, 6.45) is 5.34. The lowest BCUT2D eigenvalue weighted by Gasteiger charge is -2.38. The van der Waals surface area contributed by atoms with Gasteiger partial charge in [-0.3, -0.25) is 10.1 Å². The van der Waals surface area contributed by atoms with E-state index in [-0.39, 0.29) is 10.6 Å². The Morgan fingerprint density at radius 3 is 2.61 bits per heavy atom. The molecular formula is C16H24N2O4S. The Bertz CT molecular complexity index is 685. The topological polar surface area (TPSA) is 80.5 Å². The highest BCUT2D eigenvalue weighted by Crippen LogP contribution is 2.33. The van der Waals surface area contributed by atoms with Gasteiger partial charge in [0, 0.05) is 30.6 Å². The first kappa shape index (κ1) is 17.7. The maximum Gasteiger partial charge on any atom is 0.288 e. The number of benzene rings is 1. The smallest absolute Gasteiger partial charge is 0.288 e. The number of piperidine rings is 1. The van der Waals surface area contributed by atoms with Gasteiger partial charge in [0.1, 0.15) is 4.90 Å². The maximum atomic E-state index is 11.9. The third-order valence-corrected chi connectivity index (χ3v) is 5.37. The van der Waals surface area contributed by atoms with E-state index >= 15 is 0 Å². The summed E-state index contributed by atoms with van der Waals surface area (Å²) < 4.78 is 23.9. The van der Waals surface area contributed by atoms with Gasteiger partial charge >= 0.3 is 0 Å². The molecule has 1 aromatic carbocycles. The first-order valence-corrected chi connectivity index (χ1v) is 9.84. The largest absolute Gasteiger partial charge is 0.368 e. The minimum absolute atomic E-state index is 0.200. The fraction of sp³-hybridized carbons (Fsp3) is 0.625. The van der Waals surface area contributed by atoms with E-state index in [9.17, 15) is 18.5 Å². The van der Waals surface area contributed by atoms with Crippen LogP contribution in [-0.2, 0) is 9.84 Å². The van der Waals surface area contributed by atoms with Gasteiger partial charge in [0.2, 0.25) is 0 Å². The highest BCUT2D eigenvalue weighted by molar-refractivity contribution is 7.90. The highest BCUT2D eigenvalue weighted by Gasteiger charge is 2.27. The molecule has 1 aliphatic rings. The van der Waals surface area contributed by atoms with Gasteiger partial charge in [-0.05, 0) is 43.7 Å². The van der Waals surface area contributed by atoms with Crippen LogP contribution in [0.1, 0.15) is 39.5 Å². The molecule has 23 heavy (non-hydrogen) atoms. The molecule has 1 heterocycles. The standard InChI is InChI=1S/C16H24N2O4S/c1-12(2)10-13-6-4-5-9-17(13)14-7-8-15(18(19)20)16(11-14)23(3,21)22/h7-8,11-13H,4-6,9-10H2,1-3H3. The van der Waals surface area contributed by atoms with Crippen molar-refractivity contribution in [1.29, 1.82) is 0 Å². The predicted molar refractivity (Wildman–Crippen MR) is 90.6 cm³/mol. The number of anilines is 1. The van der Waals surface area contributed by atoms with E-state index in [1.807, 2.05) is 0 Å². The lowest BCUT2D eigenvalue weighted by molar-refractivity contribution is -0.387. The highest BCUT2D eigenvalue weighted by atomic mass is 32.2. The lowest BCUT2D eigenvalue weighted by atomic mass is 9.93. The van der Waals surface area contributed by atoms with Crippen molar-refractivity contribution in [3.63, 3.8) is 0 Å². The summed E-state index contributed by atoms with van der Waals surface area (Å²) in [5.41, 5.74) is 0.412. The molecule has 1 atom stereocenters. The van der Waals surface area contributed by atoms with E-state index in [1.165, 1.54) is 18.6 Å². The summed E-state index contributed by atoms with van der Waals surface area (Å²) in [7, 11) is -3.65. The Labute approximate surface area is 137 Å². The normalized spacial score (nSPS) is 19.1. The Kier molecular flexibility index (Phi) is 5.29. The average Bonchev–Trinajstić information content (AvgIpc) is 2.45.